The van der Waals surface area contributed by atoms with Gasteiger partial charge in [0.25, 0.3) is 5.91 Å². The number of hydrogen-bond acceptors (Lipinski definition) is 4. The number of carbonyl (C=O) groups is 1. The van der Waals surface area contributed by atoms with E-state index in [1.165, 1.54) is 13.0 Å². The SMILES string of the molecule is CC(Oc1cccc(Cl)c1)C(=O)Nc1cc(C(F)(F)F)ccc1N1CCOCC1. The van der Waals surface area contributed by atoms with Crippen molar-refractivity contribution >= 4 is 28.9 Å². The molecule has 1 atom stereocenters. The van der Waals surface area contributed by atoms with Crippen LogP contribution in [-0.2, 0) is 15.7 Å². The van der Waals surface area contributed by atoms with Gasteiger partial charge in [-0.25, -0.2) is 0 Å². The zero-order valence-electron chi connectivity index (χ0n) is 15.6. The molecule has 3 rings (SSSR count). The van der Waals surface area contributed by atoms with E-state index in [1.54, 1.807) is 24.3 Å². The fourth-order valence-electron chi connectivity index (χ4n) is 2.92. The number of hydrogen-bond donors (Lipinski definition) is 1. The van der Waals surface area contributed by atoms with Crippen molar-refractivity contribution in [2.45, 2.75) is 19.2 Å². The minimum atomic E-state index is -4.52. The summed E-state index contributed by atoms with van der Waals surface area (Å²) in [6.45, 7) is 3.47. The molecule has 1 saturated heterocycles. The summed E-state index contributed by atoms with van der Waals surface area (Å²) >= 11 is 5.90. The third-order valence-corrected chi connectivity index (χ3v) is 4.65. The van der Waals surface area contributed by atoms with Crippen molar-refractivity contribution in [3.05, 3.63) is 53.1 Å². The Bertz CT molecular complexity index is 870. The molecule has 1 N–H and O–H groups in total. The monoisotopic (exact) mass is 428 g/mol. The second-order valence-electron chi connectivity index (χ2n) is 6.54. The summed E-state index contributed by atoms with van der Waals surface area (Å²) < 4.78 is 50.4. The Balaban J connectivity index is 1.81. The smallest absolute Gasteiger partial charge is 0.416 e. The van der Waals surface area contributed by atoms with Crippen molar-refractivity contribution in [1.29, 1.82) is 0 Å². The van der Waals surface area contributed by atoms with Gasteiger partial charge < -0.3 is 19.7 Å². The molecule has 156 valence electrons. The Morgan fingerprint density at radius 3 is 2.59 bits per heavy atom. The van der Waals surface area contributed by atoms with E-state index in [9.17, 15) is 18.0 Å². The molecular weight excluding hydrogens is 409 g/mol. The predicted octanol–water partition coefficient (Wildman–Crippen LogP) is 4.60. The van der Waals surface area contributed by atoms with E-state index in [0.29, 0.717) is 42.8 Å². The van der Waals surface area contributed by atoms with Crippen LogP contribution in [0.4, 0.5) is 24.5 Å². The number of halogens is 4. The molecule has 0 radical (unpaired) electrons. The summed E-state index contributed by atoms with van der Waals surface area (Å²) in [6, 6.07) is 9.84. The molecule has 0 saturated carbocycles. The fourth-order valence-corrected chi connectivity index (χ4v) is 3.11. The maximum Gasteiger partial charge on any atom is 0.416 e. The maximum atomic E-state index is 13.2. The molecule has 1 fully saturated rings. The highest BCUT2D eigenvalue weighted by molar-refractivity contribution is 6.30. The lowest BCUT2D eigenvalue weighted by Gasteiger charge is -2.31. The number of rotatable bonds is 5. The van der Waals surface area contributed by atoms with Gasteiger partial charge in [0.15, 0.2) is 6.10 Å². The first-order chi connectivity index (χ1) is 13.7. The second kappa shape index (κ2) is 8.92. The molecule has 0 aliphatic carbocycles. The Labute approximate surface area is 171 Å². The topological polar surface area (TPSA) is 50.8 Å². The third kappa shape index (κ3) is 5.55. The van der Waals surface area contributed by atoms with E-state index in [2.05, 4.69) is 5.32 Å². The number of nitrogens with one attached hydrogen (secondary N) is 1. The molecule has 0 bridgehead atoms. The number of ether oxygens (including phenoxy) is 2. The molecule has 1 unspecified atom stereocenters. The molecule has 1 heterocycles. The maximum absolute atomic E-state index is 13.2. The third-order valence-electron chi connectivity index (χ3n) is 4.41. The average molecular weight is 429 g/mol. The van der Waals surface area contributed by atoms with Gasteiger partial charge in [0.2, 0.25) is 0 Å². The normalized spacial score (nSPS) is 15.7. The molecule has 1 amide bonds. The van der Waals surface area contributed by atoms with Crippen molar-refractivity contribution in [1.82, 2.24) is 0 Å². The number of anilines is 2. The quantitative estimate of drug-likeness (QED) is 0.756. The minimum Gasteiger partial charge on any atom is -0.481 e. The first kappa shape index (κ1) is 21.3. The minimum absolute atomic E-state index is 0.0771. The number of carbonyl (C=O) groups excluding carboxylic acids is 1. The molecule has 2 aromatic carbocycles. The van der Waals surface area contributed by atoms with Gasteiger partial charge in [-0.2, -0.15) is 13.2 Å². The largest absolute Gasteiger partial charge is 0.481 e. The van der Waals surface area contributed by atoms with Crippen molar-refractivity contribution in [3.8, 4) is 5.75 Å². The van der Waals surface area contributed by atoms with E-state index in [4.69, 9.17) is 21.1 Å². The lowest BCUT2D eigenvalue weighted by atomic mass is 10.1. The van der Waals surface area contributed by atoms with Crippen LogP contribution >= 0.6 is 11.6 Å². The van der Waals surface area contributed by atoms with Gasteiger partial charge >= 0.3 is 6.18 Å². The fraction of sp³-hybridized carbons (Fsp3) is 0.350. The van der Waals surface area contributed by atoms with Gasteiger partial charge in [-0.15, -0.1) is 0 Å². The number of benzene rings is 2. The summed E-state index contributed by atoms with van der Waals surface area (Å²) in [4.78, 5) is 14.5. The van der Waals surface area contributed by atoms with Crippen molar-refractivity contribution in [3.63, 3.8) is 0 Å². The van der Waals surface area contributed by atoms with Crippen LogP contribution < -0.4 is 15.0 Å². The highest BCUT2D eigenvalue weighted by atomic mass is 35.5. The number of amides is 1. The van der Waals surface area contributed by atoms with Crippen LogP contribution in [0, 0.1) is 0 Å². The number of morpholine rings is 1. The molecule has 5 nitrogen and oxygen atoms in total. The molecule has 29 heavy (non-hydrogen) atoms. The molecule has 2 aromatic rings. The molecule has 1 aliphatic heterocycles. The first-order valence-corrected chi connectivity index (χ1v) is 9.39. The van der Waals surface area contributed by atoms with Crippen LogP contribution in [-0.4, -0.2) is 38.3 Å². The summed E-state index contributed by atoms with van der Waals surface area (Å²) in [7, 11) is 0. The van der Waals surface area contributed by atoms with Gasteiger partial charge in [-0.05, 0) is 43.3 Å². The van der Waals surface area contributed by atoms with Gasteiger partial charge in [0.1, 0.15) is 5.75 Å². The van der Waals surface area contributed by atoms with E-state index >= 15 is 0 Å². The highest BCUT2D eigenvalue weighted by Gasteiger charge is 2.32. The summed E-state index contributed by atoms with van der Waals surface area (Å²) in [6.07, 6.45) is -5.47. The lowest BCUT2D eigenvalue weighted by molar-refractivity contribution is -0.137. The van der Waals surface area contributed by atoms with E-state index in [1.807, 2.05) is 4.90 Å². The van der Waals surface area contributed by atoms with Gasteiger partial charge in [0, 0.05) is 18.1 Å². The summed E-state index contributed by atoms with van der Waals surface area (Å²) in [5.74, 6) is -0.184. The van der Waals surface area contributed by atoms with E-state index < -0.39 is 23.8 Å². The Morgan fingerprint density at radius 2 is 1.93 bits per heavy atom. The molecule has 0 spiro atoms. The van der Waals surface area contributed by atoms with E-state index in [0.717, 1.165) is 12.1 Å². The summed E-state index contributed by atoms with van der Waals surface area (Å²) in [5.41, 5.74) is -0.258. The zero-order chi connectivity index (χ0) is 21.0. The molecule has 9 heteroatoms. The van der Waals surface area contributed by atoms with Crippen molar-refractivity contribution in [2.75, 3.05) is 36.5 Å². The Morgan fingerprint density at radius 1 is 1.21 bits per heavy atom. The molecule has 0 aromatic heterocycles. The van der Waals surface area contributed by atoms with Crippen LogP contribution in [0.25, 0.3) is 0 Å². The van der Waals surface area contributed by atoms with Crippen molar-refractivity contribution < 1.29 is 27.4 Å². The average Bonchev–Trinajstić information content (AvgIpc) is 2.68. The lowest BCUT2D eigenvalue weighted by Crippen LogP contribution is -2.37. The van der Waals surface area contributed by atoms with Gasteiger partial charge in [-0.1, -0.05) is 17.7 Å². The Kier molecular flexibility index (Phi) is 6.54. The number of nitrogens with zero attached hydrogens (tertiary/aromatic N) is 1. The van der Waals surface area contributed by atoms with Crippen LogP contribution in [0.1, 0.15) is 12.5 Å². The molecule has 1 aliphatic rings. The van der Waals surface area contributed by atoms with Crippen LogP contribution in [0.15, 0.2) is 42.5 Å². The first-order valence-electron chi connectivity index (χ1n) is 9.01. The Hall–Kier alpha value is -2.45. The standard InChI is InChI=1S/C20H20ClF3N2O3/c1-13(29-16-4-2-3-15(21)12-16)19(27)25-17-11-14(20(22,23)24)5-6-18(17)26-7-9-28-10-8-26/h2-6,11-13H,7-10H2,1H3,(H,25,27). The molecular formula is C20H20ClF3N2O3. The van der Waals surface area contributed by atoms with Crippen molar-refractivity contribution in [2.24, 2.45) is 0 Å². The highest BCUT2D eigenvalue weighted by Crippen LogP contribution is 2.36. The van der Waals surface area contributed by atoms with Crippen LogP contribution in [0.2, 0.25) is 5.02 Å². The zero-order valence-corrected chi connectivity index (χ0v) is 16.4. The second-order valence-corrected chi connectivity index (χ2v) is 6.97. The number of alkyl halides is 3. The van der Waals surface area contributed by atoms with E-state index in [-0.39, 0.29) is 5.69 Å². The van der Waals surface area contributed by atoms with Gasteiger partial charge in [-0.3, -0.25) is 4.79 Å². The van der Waals surface area contributed by atoms with Crippen LogP contribution in [0.3, 0.4) is 0 Å². The van der Waals surface area contributed by atoms with Gasteiger partial charge in [0.05, 0.1) is 30.2 Å². The predicted molar refractivity (Wildman–Crippen MR) is 105 cm³/mol. The summed E-state index contributed by atoms with van der Waals surface area (Å²) in [5, 5.41) is 3.02. The van der Waals surface area contributed by atoms with Crippen LogP contribution in [0.5, 0.6) is 5.75 Å².